The molecule has 1 saturated carbocycles. The van der Waals surface area contributed by atoms with E-state index >= 15 is 0 Å². The molecule has 2 aromatic heterocycles. The molecular formula is C18H20ClN3S. The van der Waals surface area contributed by atoms with Crippen molar-refractivity contribution in [2.45, 2.75) is 45.1 Å². The third kappa shape index (κ3) is 2.64. The van der Waals surface area contributed by atoms with Crippen LogP contribution in [0.25, 0.3) is 16.2 Å². The van der Waals surface area contributed by atoms with E-state index in [1.54, 1.807) is 11.3 Å². The number of nitrogens with one attached hydrogen (secondary N) is 1. The molecule has 0 aliphatic heterocycles. The van der Waals surface area contributed by atoms with Crippen LogP contribution in [0.4, 0.5) is 5.82 Å². The quantitative estimate of drug-likeness (QED) is 0.663. The van der Waals surface area contributed by atoms with E-state index in [-0.39, 0.29) is 0 Å². The average molecular weight is 346 g/mol. The fourth-order valence-corrected chi connectivity index (χ4v) is 4.59. The zero-order chi connectivity index (χ0) is 15.8. The summed E-state index contributed by atoms with van der Waals surface area (Å²) in [4.78, 5) is 5.93. The van der Waals surface area contributed by atoms with Crippen LogP contribution in [-0.2, 0) is 6.42 Å². The number of rotatable bonds is 4. The van der Waals surface area contributed by atoms with Crippen LogP contribution in [0.1, 0.15) is 38.3 Å². The summed E-state index contributed by atoms with van der Waals surface area (Å²) in [6.45, 7) is 2.19. The molecule has 1 N–H and O–H groups in total. The van der Waals surface area contributed by atoms with Crippen LogP contribution in [0.5, 0.6) is 0 Å². The fraction of sp³-hybridized carbons (Fsp3) is 0.389. The van der Waals surface area contributed by atoms with Gasteiger partial charge in [-0.25, -0.2) is 4.98 Å². The first-order valence-electron chi connectivity index (χ1n) is 8.28. The molecule has 1 aromatic carbocycles. The number of hydrogen-bond donors (Lipinski definition) is 1. The van der Waals surface area contributed by atoms with Gasteiger partial charge in [0, 0.05) is 22.7 Å². The number of benzene rings is 1. The Hall–Kier alpha value is -1.52. The van der Waals surface area contributed by atoms with Crippen LogP contribution in [0, 0.1) is 0 Å². The summed E-state index contributed by atoms with van der Waals surface area (Å²) in [6, 6.07) is 8.52. The van der Waals surface area contributed by atoms with Crippen molar-refractivity contribution < 1.29 is 0 Å². The van der Waals surface area contributed by atoms with E-state index in [2.05, 4.69) is 28.1 Å². The van der Waals surface area contributed by atoms with E-state index in [4.69, 9.17) is 16.6 Å². The smallest absolute Gasteiger partial charge is 0.196 e. The highest BCUT2D eigenvalue weighted by atomic mass is 35.5. The van der Waals surface area contributed by atoms with Crippen LogP contribution in [0.2, 0.25) is 5.02 Å². The summed E-state index contributed by atoms with van der Waals surface area (Å²) in [6.07, 6.45) is 6.09. The van der Waals surface area contributed by atoms with Gasteiger partial charge in [-0.1, -0.05) is 49.6 Å². The molecule has 0 bridgehead atoms. The van der Waals surface area contributed by atoms with Gasteiger partial charge in [0.25, 0.3) is 0 Å². The zero-order valence-electron chi connectivity index (χ0n) is 13.2. The number of fused-ring (bicyclic) bond motifs is 1. The standard InChI is InChI=1S/C18H20ClN3S/c1-2-13-11-23-18-21-16(14-9-5-6-10-15(14)19)17(22(13)18)20-12-7-3-4-8-12/h5-6,9-12,20H,2-4,7-8H2,1H3. The first-order chi connectivity index (χ1) is 11.3. The molecule has 1 fully saturated rings. The predicted molar refractivity (Wildman–Crippen MR) is 98.8 cm³/mol. The molecule has 1 aliphatic rings. The van der Waals surface area contributed by atoms with Gasteiger partial charge in [0.05, 0.1) is 5.02 Å². The van der Waals surface area contributed by atoms with Crippen LogP contribution >= 0.6 is 22.9 Å². The number of thiazole rings is 1. The monoisotopic (exact) mass is 345 g/mol. The molecule has 3 nitrogen and oxygen atoms in total. The SMILES string of the molecule is CCc1csc2nc(-c3ccccc3Cl)c(NC3CCCC3)n12. The van der Waals surface area contributed by atoms with Crippen LogP contribution in [-0.4, -0.2) is 15.4 Å². The Morgan fingerprint density at radius 2 is 2.09 bits per heavy atom. The van der Waals surface area contributed by atoms with E-state index < -0.39 is 0 Å². The lowest BCUT2D eigenvalue weighted by Gasteiger charge is -2.15. The molecule has 2 heterocycles. The first kappa shape index (κ1) is 15.0. The summed E-state index contributed by atoms with van der Waals surface area (Å²) >= 11 is 8.14. The molecule has 0 amide bonds. The van der Waals surface area contributed by atoms with Gasteiger partial charge >= 0.3 is 0 Å². The number of aryl methyl sites for hydroxylation is 1. The third-order valence-corrected chi connectivity index (χ3v) is 5.83. The topological polar surface area (TPSA) is 29.3 Å². The number of halogens is 1. The maximum atomic E-state index is 6.44. The highest BCUT2D eigenvalue weighted by Crippen LogP contribution is 2.37. The minimum atomic E-state index is 0.542. The highest BCUT2D eigenvalue weighted by Gasteiger charge is 2.23. The van der Waals surface area contributed by atoms with Gasteiger partial charge in [-0.2, -0.15) is 0 Å². The van der Waals surface area contributed by atoms with Gasteiger partial charge in [-0.3, -0.25) is 4.40 Å². The molecule has 120 valence electrons. The van der Waals surface area contributed by atoms with Crippen LogP contribution in [0.3, 0.4) is 0 Å². The van der Waals surface area contributed by atoms with Gasteiger partial charge in [0.1, 0.15) is 11.5 Å². The Balaban J connectivity index is 1.89. The molecule has 0 spiro atoms. The van der Waals surface area contributed by atoms with Crippen molar-refractivity contribution >= 4 is 33.7 Å². The second kappa shape index (κ2) is 6.17. The number of hydrogen-bond acceptors (Lipinski definition) is 3. The van der Waals surface area contributed by atoms with Gasteiger partial charge in [0.2, 0.25) is 0 Å². The molecule has 0 unspecified atom stereocenters. The zero-order valence-corrected chi connectivity index (χ0v) is 14.8. The Morgan fingerprint density at radius 1 is 1.30 bits per heavy atom. The summed E-state index contributed by atoms with van der Waals surface area (Å²) in [5, 5.41) is 6.73. The van der Waals surface area contributed by atoms with Gasteiger partial charge in [-0.15, -0.1) is 11.3 Å². The maximum absolute atomic E-state index is 6.44. The van der Waals surface area contributed by atoms with Gasteiger partial charge in [0.15, 0.2) is 4.96 Å². The van der Waals surface area contributed by atoms with E-state index in [0.29, 0.717) is 6.04 Å². The molecular weight excluding hydrogens is 326 g/mol. The minimum absolute atomic E-state index is 0.542. The molecule has 23 heavy (non-hydrogen) atoms. The van der Waals surface area contributed by atoms with Crippen molar-refractivity contribution in [2.24, 2.45) is 0 Å². The van der Waals surface area contributed by atoms with E-state index in [9.17, 15) is 0 Å². The normalized spacial score (nSPS) is 15.6. The molecule has 5 heteroatoms. The average Bonchev–Trinajstić information content (AvgIpc) is 3.26. The Labute approximate surface area is 145 Å². The van der Waals surface area contributed by atoms with Crippen molar-refractivity contribution in [3.8, 4) is 11.3 Å². The third-order valence-electron chi connectivity index (χ3n) is 4.62. The number of nitrogens with zero attached hydrogens (tertiary/aromatic N) is 2. The van der Waals surface area contributed by atoms with Crippen molar-refractivity contribution in [2.75, 3.05) is 5.32 Å². The van der Waals surface area contributed by atoms with E-state index in [1.165, 1.54) is 31.4 Å². The van der Waals surface area contributed by atoms with Gasteiger partial charge in [-0.05, 0) is 25.3 Å². The second-order valence-corrected chi connectivity index (χ2v) is 7.36. The number of anilines is 1. The van der Waals surface area contributed by atoms with Gasteiger partial charge < -0.3 is 5.32 Å². The molecule has 0 saturated heterocycles. The number of aromatic nitrogens is 2. The van der Waals surface area contributed by atoms with Crippen molar-refractivity contribution in [1.82, 2.24) is 9.38 Å². The number of imidazole rings is 1. The fourth-order valence-electron chi connectivity index (χ4n) is 3.40. The Morgan fingerprint density at radius 3 is 2.83 bits per heavy atom. The molecule has 3 aromatic rings. The summed E-state index contributed by atoms with van der Waals surface area (Å²) < 4.78 is 2.28. The van der Waals surface area contributed by atoms with Crippen LogP contribution in [0.15, 0.2) is 29.6 Å². The first-order valence-corrected chi connectivity index (χ1v) is 9.54. The molecule has 4 rings (SSSR count). The minimum Gasteiger partial charge on any atom is -0.367 e. The van der Waals surface area contributed by atoms with E-state index in [1.807, 2.05) is 18.2 Å². The summed E-state index contributed by atoms with van der Waals surface area (Å²) in [5.74, 6) is 1.11. The van der Waals surface area contributed by atoms with Crippen molar-refractivity contribution in [3.05, 3.63) is 40.4 Å². The van der Waals surface area contributed by atoms with Crippen LogP contribution < -0.4 is 5.32 Å². The second-order valence-electron chi connectivity index (χ2n) is 6.11. The van der Waals surface area contributed by atoms with Crippen molar-refractivity contribution in [1.29, 1.82) is 0 Å². The summed E-state index contributed by atoms with van der Waals surface area (Å²) in [5.41, 5.74) is 3.29. The lowest BCUT2D eigenvalue weighted by atomic mass is 10.1. The Kier molecular flexibility index (Phi) is 4.04. The Bertz CT molecular complexity index is 830. The molecule has 1 aliphatic carbocycles. The molecule has 0 radical (unpaired) electrons. The molecule has 0 atom stereocenters. The largest absolute Gasteiger partial charge is 0.367 e. The van der Waals surface area contributed by atoms with E-state index in [0.717, 1.165) is 33.5 Å². The lowest BCUT2D eigenvalue weighted by Crippen LogP contribution is -2.16. The highest BCUT2D eigenvalue weighted by molar-refractivity contribution is 7.15. The predicted octanol–water partition coefficient (Wildman–Crippen LogP) is 5.63. The summed E-state index contributed by atoms with van der Waals surface area (Å²) in [7, 11) is 0. The lowest BCUT2D eigenvalue weighted by molar-refractivity contribution is 0.748. The van der Waals surface area contributed by atoms with Crippen molar-refractivity contribution in [3.63, 3.8) is 0 Å². The maximum Gasteiger partial charge on any atom is 0.196 e.